The minimum absolute atomic E-state index is 0.0484. The molecule has 0 unspecified atom stereocenters. The highest BCUT2D eigenvalue weighted by atomic mass is 127. The van der Waals surface area contributed by atoms with Crippen LogP contribution in [0.3, 0.4) is 0 Å². The van der Waals surface area contributed by atoms with E-state index in [0.717, 1.165) is 17.3 Å². The van der Waals surface area contributed by atoms with Crippen LogP contribution >= 0.6 is 22.6 Å². The zero-order valence-corrected chi connectivity index (χ0v) is 23.1. The van der Waals surface area contributed by atoms with Crippen LogP contribution in [0.4, 0.5) is 0 Å². The number of ether oxygens (including phenoxy) is 1. The molecule has 0 bridgehead atoms. The zero-order valence-electron chi connectivity index (χ0n) is 19.9. The van der Waals surface area contributed by atoms with Gasteiger partial charge in [0.1, 0.15) is 6.61 Å². The van der Waals surface area contributed by atoms with Crippen LogP contribution < -0.4 is 0 Å². The Bertz CT molecular complexity index is 372. The van der Waals surface area contributed by atoms with Crippen molar-refractivity contribution in [3.63, 3.8) is 0 Å². The normalized spacial score (nSPS) is 12.9. The highest BCUT2D eigenvalue weighted by Crippen LogP contribution is 2.14. The lowest BCUT2D eigenvalue weighted by atomic mass is 10.0. The minimum atomic E-state index is -1.57. The molecule has 0 aromatic heterocycles. The van der Waals surface area contributed by atoms with Crippen molar-refractivity contribution < 1.29 is 14.0 Å². The van der Waals surface area contributed by atoms with Crippen LogP contribution in [0, 0.1) is 0 Å². The molecule has 174 valence electrons. The number of carbonyl (C=O) groups excluding carboxylic acids is 1. The summed E-state index contributed by atoms with van der Waals surface area (Å²) in [5, 5.41) is 0. The van der Waals surface area contributed by atoms with Gasteiger partial charge in [-0.15, -0.1) is 0 Å². The van der Waals surface area contributed by atoms with Crippen LogP contribution in [0.2, 0.25) is 19.6 Å². The summed E-state index contributed by atoms with van der Waals surface area (Å²) < 4.78 is 12.3. The van der Waals surface area contributed by atoms with E-state index in [2.05, 4.69) is 49.2 Å². The van der Waals surface area contributed by atoms with E-state index in [1.165, 1.54) is 83.5 Å². The van der Waals surface area contributed by atoms with E-state index >= 15 is 0 Å². The van der Waals surface area contributed by atoms with Gasteiger partial charge >= 0.3 is 5.97 Å². The average Bonchev–Trinajstić information content (AvgIpc) is 2.67. The summed E-state index contributed by atoms with van der Waals surface area (Å²) in [4.78, 5) is 11.9. The zero-order chi connectivity index (χ0) is 21.8. The van der Waals surface area contributed by atoms with Gasteiger partial charge in [0.15, 0.2) is 8.32 Å². The molecule has 0 aromatic rings. The molecule has 0 aliphatic heterocycles. The van der Waals surface area contributed by atoms with E-state index < -0.39 is 8.32 Å². The monoisotopic (exact) mass is 540 g/mol. The number of esters is 1. The first-order chi connectivity index (χ1) is 13.9. The molecule has 0 saturated heterocycles. The summed E-state index contributed by atoms with van der Waals surface area (Å²) in [5.41, 5.74) is 0. The second kappa shape index (κ2) is 20.3. The molecule has 29 heavy (non-hydrogen) atoms. The molecular weight excluding hydrogens is 491 g/mol. The summed E-state index contributed by atoms with van der Waals surface area (Å²) >= 11 is 2.31. The molecule has 0 amide bonds. The lowest BCUT2D eigenvalue weighted by molar-refractivity contribution is -0.146. The highest BCUT2D eigenvalue weighted by Gasteiger charge is 2.21. The Morgan fingerprint density at radius 1 is 0.759 bits per heavy atom. The van der Waals surface area contributed by atoms with E-state index in [-0.39, 0.29) is 12.1 Å². The van der Waals surface area contributed by atoms with Crippen molar-refractivity contribution in [2.24, 2.45) is 0 Å². The van der Waals surface area contributed by atoms with Gasteiger partial charge in [-0.05, 0) is 26.1 Å². The number of alkyl halides is 1. The van der Waals surface area contributed by atoms with Crippen molar-refractivity contribution in [2.45, 2.75) is 135 Å². The first-order valence-electron chi connectivity index (χ1n) is 12.3. The maximum Gasteiger partial charge on any atom is 0.305 e. The van der Waals surface area contributed by atoms with E-state index in [1.807, 2.05) is 0 Å². The van der Waals surface area contributed by atoms with Crippen LogP contribution in [-0.4, -0.2) is 31.4 Å². The number of rotatable bonds is 21. The fourth-order valence-corrected chi connectivity index (χ4v) is 5.43. The lowest BCUT2D eigenvalue weighted by Crippen LogP contribution is -2.36. The van der Waals surface area contributed by atoms with E-state index in [1.54, 1.807) is 0 Å². The second-order valence-electron chi connectivity index (χ2n) is 9.39. The summed E-state index contributed by atoms with van der Waals surface area (Å²) in [6, 6.07) is 0. The van der Waals surface area contributed by atoms with Crippen LogP contribution in [0.1, 0.15) is 110 Å². The second-order valence-corrected chi connectivity index (χ2v) is 14.7. The van der Waals surface area contributed by atoms with Crippen molar-refractivity contribution in [2.75, 3.05) is 11.0 Å². The molecule has 1 atom stereocenters. The van der Waals surface area contributed by atoms with E-state index in [4.69, 9.17) is 9.16 Å². The predicted molar refractivity (Wildman–Crippen MR) is 138 cm³/mol. The van der Waals surface area contributed by atoms with E-state index in [0.29, 0.717) is 13.0 Å². The molecule has 0 spiro atoms. The molecule has 0 aromatic carbocycles. The number of unbranched alkanes of at least 4 members (excludes halogenated alkanes) is 14. The standard InChI is InChI=1S/C24H49IO3Si/c1-5-6-7-8-9-10-11-12-13-14-15-16-17-18-19-20-24(26)27-22-23(21-25)28-29(2,3)4/h23H,5-22H2,1-4H3/t23-/m0/s1. The van der Waals surface area contributed by atoms with Crippen LogP contribution in [-0.2, 0) is 14.0 Å². The van der Waals surface area contributed by atoms with Crippen molar-refractivity contribution >= 4 is 36.9 Å². The maximum atomic E-state index is 11.9. The summed E-state index contributed by atoms with van der Waals surface area (Å²) in [6.07, 6.45) is 20.7. The number of carbonyl (C=O) groups is 1. The fraction of sp³-hybridized carbons (Fsp3) is 0.958. The van der Waals surface area contributed by atoms with Gasteiger partial charge in [-0.1, -0.05) is 119 Å². The molecule has 0 aliphatic carbocycles. The Morgan fingerprint density at radius 2 is 1.17 bits per heavy atom. The molecule has 3 nitrogen and oxygen atoms in total. The van der Waals surface area contributed by atoms with Gasteiger partial charge in [0.2, 0.25) is 0 Å². The topological polar surface area (TPSA) is 35.5 Å². The van der Waals surface area contributed by atoms with Gasteiger partial charge < -0.3 is 9.16 Å². The Morgan fingerprint density at radius 3 is 1.55 bits per heavy atom. The summed E-state index contributed by atoms with van der Waals surface area (Å²) in [5.74, 6) is -0.0614. The molecule has 0 aliphatic rings. The van der Waals surface area contributed by atoms with Crippen molar-refractivity contribution in [1.29, 1.82) is 0 Å². The molecule has 0 saturated carbocycles. The number of hydrogen-bond donors (Lipinski definition) is 0. The first kappa shape index (κ1) is 29.4. The van der Waals surface area contributed by atoms with Gasteiger partial charge in [-0.2, -0.15) is 0 Å². The summed E-state index contributed by atoms with van der Waals surface area (Å²) in [7, 11) is -1.57. The lowest BCUT2D eigenvalue weighted by Gasteiger charge is -2.24. The Balaban J connectivity index is 3.36. The SMILES string of the molecule is CCCCCCCCCCCCCCCCCC(=O)OC[C@H](CI)O[Si](C)(C)C. The average molecular weight is 541 g/mol. The molecule has 0 N–H and O–H groups in total. The maximum absolute atomic E-state index is 11.9. The molecule has 5 heteroatoms. The number of hydrogen-bond acceptors (Lipinski definition) is 3. The summed E-state index contributed by atoms with van der Waals surface area (Å²) in [6.45, 7) is 9.20. The molecule has 0 heterocycles. The van der Waals surface area contributed by atoms with Gasteiger partial charge in [0, 0.05) is 10.8 Å². The molecule has 0 rings (SSSR count). The Kier molecular flexibility index (Phi) is 20.6. The molecule has 0 fully saturated rings. The largest absolute Gasteiger partial charge is 0.463 e. The fourth-order valence-electron chi connectivity index (χ4n) is 3.51. The van der Waals surface area contributed by atoms with Gasteiger partial charge in [0.05, 0.1) is 6.10 Å². The quantitative estimate of drug-likeness (QED) is 0.0482. The molecule has 0 radical (unpaired) electrons. The Hall–Kier alpha value is 0.377. The van der Waals surface area contributed by atoms with Crippen LogP contribution in [0.5, 0.6) is 0 Å². The first-order valence-corrected chi connectivity index (χ1v) is 17.2. The van der Waals surface area contributed by atoms with Gasteiger partial charge in [-0.25, -0.2) is 0 Å². The van der Waals surface area contributed by atoms with Gasteiger partial charge in [0.25, 0.3) is 0 Å². The van der Waals surface area contributed by atoms with Crippen LogP contribution in [0.15, 0.2) is 0 Å². The highest BCUT2D eigenvalue weighted by molar-refractivity contribution is 14.1. The third-order valence-electron chi connectivity index (χ3n) is 5.11. The minimum Gasteiger partial charge on any atom is -0.463 e. The third kappa shape index (κ3) is 22.9. The predicted octanol–water partition coefficient (Wildman–Crippen LogP) is 8.45. The van der Waals surface area contributed by atoms with Crippen molar-refractivity contribution in [3.05, 3.63) is 0 Å². The number of halogens is 1. The Labute approximate surface area is 196 Å². The smallest absolute Gasteiger partial charge is 0.305 e. The van der Waals surface area contributed by atoms with Crippen molar-refractivity contribution in [1.82, 2.24) is 0 Å². The van der Waals surface area contributed by atoms with E-state index in [9.17, 15) is 4.79 Å². The van der Waals surface area contributed by atoms with Crippen molar-refractivity contribution in [3.8, 4) is 0 Å². The van der Waals surface area contributed by atoms with Crippen LogP contribution in [0.25, 0.3) is 0 Å². The molecular formula is C24H49IO3Si. The van der Waals surface area contributed by atoms with Gasteiger partial charge in [-0.3, -0.25) is 4.79 Å². The third-order valence-corrected chi connectivity index (χ3v) is 7.13.